The van der Waals surface area contributed by atoms with Gasteiger partial charge in [-0.2, -0.15) is 0 Å². The molecule has 14 heavy (non-hydrogen) atoms. The average Bonchev–Trinajstić information content (AvgIpc) is 2.27. The number of benzene rings is 1. The van der Waals surface area contributed by atoms with Crippen LogP contribution in [-0.2, 0) is 0 Å². The van der Waals surface area contributed by atoms with E-state index in [1.165, 1.54) is 24.0 Å². The summed E-state index contributed by atoms with van der Waals surface area (Å²) in [6, 6.07) is 8.60. The third-order valence-electron chi connectivity index (χ3n) is 3.31. The molecular formula is C12H18N2. The van der Waals surface area contributed by atoms with Crippen molar-refractivity contribution in [2.45, 2.75) is 24.7 Å². The lowest BCUT2D eigenvalue weighted by Crippen LogP contribution is -2.24. The van der Waals surface area contributed by atoms with Gasteiger partial charge in [0, 0.05) is 0 Å². The van der Waals surface area contributed by atoms with Gasteiger partial charge < -0.3 is 11.5 Å². The summed E-state index contributed by atoms with van der Waals surface area (Å²) >= 11 is 0. The van der Waals surface area contributed by atoms with Crippen LogP contribution in [0.2, 0.25) is 0 Å². The van der Waals surface area contributed by atoms with Crippen LogP contribution < -0.4 is 11.5 Å². The van der Waals surface area contributed by atoms with E-state index in [1.807, 2.05) is 0 Å². The molecule has 0 unspecified atom stereocenters. The predicted molar refractivity (Wildman–Crippen MR) is 59.3 cm³/mol. The van der Waals surface area contributed by atoms with Gasteiger partial charge >= 0.3 is 0 Å². The highest BCUT2D eigenvalue weighted by atomic mass is 14.6. The van der Waals surface area contributed by atoms with Crippen molar-refractivity contribution in [3.05, 3.63) is 35.4 Å². The monoisotopic (exact) mass is 190 g/mol. The van der Waals surface area contributed by atoms with Crippen LogP contribution in [0.4, 0.5) is 0 Å². The molecular weight excluding hydrogens is 172 g/mol. The van der Waals surface area contributed by atoms with Crippen LogP contribution in [-0.4, -0.2) is 13.1 Å². The first-order valence-corrected chi connectivity index (χ1v) is 5.35. The largest absolute Gasteiger partial charge is 0.330 e. The zero-order valence-electron chi connectivity index (χ0n) is 8.45. The lowest BCUT2D eigenvalue weighted by Gasteiger charge is -2.30. The first-order valence-electron chi connectivity index (χ1n) is 5.35. The molecule has 0 saturated carbocycles. The zero-order chi connectivity index (χ0) is 9.97. The summed E-state index contributed by atoms with van der Waals surface area (Å²) < 4.78 is 0. The van der Waals surface area contributed by atoms with Crippen molar-refractivity contribution in [2.24, 2.45) is 11.5 Å². The Morgan fingerprint density at radius 1 is 0.929 bits per heavy atom. The highest BCUT2D eigenvalue weighted by molar-refractivity contribution is 5.36. The third kappa shape index (κ3) is 1.56. The molecule has 0 aromatic heterocycles. The molecule has 0 saturated heterocycles. The Labute approximate surface area is 85.3 Å². The minimum atomic E-state index is 0.550. The van der Waals surface area contributed by atoms with E-state index in [1.54, 1.807) is 0 Å². The van der Waals surface area contributed by atoms with Gasteiger partial charge in [-0.1, -0.05) is 24.3 Å². The molecule has 4 N–H and O–H groups in total. The van der Waals surface area contributed by atoms with Gasteiger partial charge in [0.15, 0.2) is 0 Å². The molecule has 2 atom stereocenters. The topological polar surface area (TPSA) is 52.0 Å². The molecule has 2 heteroatoms. The number of hydrogen-bond donors (Lipinski definition) is 2. The van der Waals surface area contributed by atoms with Gasteiger partial charge in [-0.3, -0.25) is 0 Å². The van der Waals surface area contributed by atoms with Gasteiger partial charge in [-0.05, 0) is 48.9 Å². The van der Waals surface area contributed by atoms with Crippen LogP contribution in [0, 0.1) is 0 Å². The maximum Gasteiger partial charge on any atom is -0.000813 e. The smallest absolute Gasteiger partial charge is 0.000813 e. The van der Waals surface area contributed by atoms with Crippen LogP contribution >= 0.6 is 0 Å². The molecule has 0 amide bonds. The Hall–Kier alpha value is -0.860. The maximum absolute atomic E-state index is 5.77. The fraction of sp³-hybridized carbons (Fsp3) is 0.500. The summed E-state index contributed by atoms with van der Waals surface area (Å²) in [6.45, 7) is 1.52. The fourth-order valence-corrected chi connectivity index (χ4v) is 2.46. The molecule has 0 fully saturated rings. The molecule has 1 aromatic rings. The predicted octanol–water partition coefficient (Wildman–Crippen LogP) is 1.56. The molecule has 0 radical (unpaired) electrons. The quantitative estimate of drug-likeness (QED) is 0.743. The van der Waals surface area contributed by atoms with E-state index in [0.29, 0.717) is 11.8 Å². The van der Waals surface area contributed by atoms with E-state index in [9.17, 15) is 0 Å². The number of fused-ring (bicyclic) bond motifs is 1. The summed E-state index contributed by atoms with van der Waals surface area (Å²) in [5.74, 6) is 1.10. The summed E-state index contributed by atoms with van der Waals surface area (Å²) in [7, 11) is 0. The van der Waals surface area contributed by atoms with Gasteiger partial charge in [0.25, 0.3) is 0 Å². The van der Waals surface area contributed by atoms with E-state index in [4.69, 9.17) is 11.5 Å². The van der Waals surface area contributed by atoms with E-state index in [0.717, 1.165) is 13.1 Å². The van der Waals surface area contributed by atoms with Crippen LogP contribution in [0.1, 0.15) is 35.8 Å². The van der Waals surface area contributed by atoms with Crippen LogP contribution in [0.15, 0.2) is 24.3 Å². The second-order valence-corrected chi connectivity index (χ2v) is 4.07. The Bertz CT molecular complexity index is 278. The third-order valence-corrected chi connectivity index (χ3v) is 3.31. The lowest BCUT2D eigenvalue weighted by atomic mass is 9.77. The van der Waals surface area contributed by atoms with Crippen molar-refractivity contribution in [1.29, 1.82) is 0 Å². The van der Waals surface area contributed by atoms with Crippen LogP contribution in [0.5, 0.6) is 0 Å². The van der Waals surface area contributed by atoms with Gasteiger partial charge in [0.05, 0.1) is 0 Å². The summed E-state index contributed by atoms with van der Waals surface area (Å²) in [5, 5.41) is 0. The van der Waals surface area contributed by atoms with Crippen molar-refractivity contribution in [1.82, 2.24) is 0 Å². The first kappa shape index (κ1) is 9.69. The Kier molecular flexibility index (Phi) is 2.85. The second kappa shape index (κ2) is 4.11. The SMILES string of the molecule is NC[C@@H]1CC[C@@H](CN)c2ccccc21. The van der Waals surface area contributed by atoms with Crippen molar-refractivity contribution in [2.75, 3.05) is 13.1 Å². The minimum Gasteiger partial charge on any atom is -0.330 e. The van der Waals surface area contributed by atoms with E-state index >= 15 is 0 Å². The van der Waals surface area contributed by atoms with Crippen molar-refractivity contribution >= 4 is 0 Å². The number of rotatable bonds is 2. The van der Waals surface area contributed by atoms with Gasteiger partial charge in [-0.25, -0.2) is 0 Å². The summed E-state index contributed by atoms with van der Waals surface area (Å²) in [6.07, 6.45) is 2.38. The molecule has 0 heterocycles. The van der Waals surface area contributed by atoms with Crippen LogP contribution in [0.3, 0.4) is 0 Å². The zero-order valence-corrected chi connectivity index (χ0v) is 8.45. The lowest BCUT2D eigenvalue weighted by molar-refractivity contribution is 0.491. The normalized spacial score (nSPS) is 25.9. The molecule has 2 nitrogen and oxygen atoms in total. The first-order chi connectivity index (χ1) is 6.86. The minimum absolute atomic E-state index is 0.550. The van der Waals surface area contributed by atoms with Gasteiger partial charge in [-0.15, -0.1) is 0 Å². The fourth-order valence-electron chi connectivity index (χ4n) is 2.46. The highest BCUT2D eigenvalue weighted by Crippen LogP contribution is 2.37. The molecule has 76 valence electrons. The molecule has 1 aromatic carbocycles. The molecule has 0 spiro atoms. The van der Waals surface area contributed by atoms with E-state index < -0.39 is 0 Å². The Balaban J connectivity index is 2.38. The van der Waals surface area contributed by atoms with Crippen LogP contribution in [0.25, 0.3) is 0 Å². The molecule has 0 aliphatic heterocycles. The van der Waals surface area contributed by atoms with Crippen molar-refractivity contribution in [3.8, 4) is 0 Å². The van der Waals surface area contributed by atoms with Crippen molar-refractivity contribution < 1.29 is 0 Å². The van der Waals surface area contributed by atoms with Gasteiger partial charge in [0.2, 0.25) is 0 Å². The number of nitrogens with two attached hydrogens (primary N) is 2. The van der Waals surface area contributed by atoms with E-state index in [-0.39, 0.29) is 0 Å². The second-order valence-electron chi connectivity index (χ2n) is 4.07. The summed E-state index contributed by atoms with van der Waals surface area (Å²) in [4.78, 5) is 0. The van der Waals surface area contributed by atoms with Gasteiger partial charge in [0.1, 0.15) is 0 Å². The molecule has 2 rings (SSSR count). The molecule has 1 aliphatic carbocycles. The van der Waals surface area contributed by atoms with E-state index in [2.05, 4.69) is 24.3 Å². The highest BCUT2D eigenvalue weighted by Gasteiger charge is 2.24. The maximum atomic E-state index is 5.77. The van der Waals surface area contributed by atoms with Crippen molar-refractivity contribution in [3.63, 3.8) is 0 Å². The number of hydrogen-bond acceptors (Lipinski definition) is 2. The average molecular weight is 190 g/mol. The Morgan fingerprint density at radius 3 is 1.71 bits per heavy atom. The molecule has 1 aliphatic rings. The summed E-state index contributed by atoms with van der Waals surface area (Å²) in [5.41, 5.74) is 14.4. The Morgan fingerprint density at radius 2 is 1.36 bits per heavy atom. The standard InChI is InChI=1S/C12H18N2/c13-7-9-5-6-10(8-14)12-4-2-1-3-11(9)12/h1-4,9-10H,5-8,13-14H2/t9-,10-/m0/s1. The molecule has 0 bridgehead atoms.